The van der Waals surface area contributed by atoms with Gasteiger partial charge in [-0.3, -0.25) is 4.79 Å². The van der Waals surface area contributed by atoms with E-state index < -0.39 is 0 Å². The summed E-state index contributed by atoms with van der Waals surface area (Å²) >= 11 is 0. The zero-order chi connectivity index (χ0) is 13.4. The lowest BCUT2D eigenvalue weighted by molar-refractivity contribution is -0.127. The number of fused-ring (bicyclic) bond motifs is 1. The summed E-state index contributed by atoms with van der Waals surface area (Å²) in [6, 6.07) is 0.617. The molecule has 3 aliphatic rings. The Morgan fingerprint density at radius 1 is 1.53 bits per heavy atom. The monoisotopic (exact) mass is 264 g/mol. The van der Waals surface area contributed by atoms with Crippen molar-refractivity contribution >= 4 is 5.91 Å². The Balaban J connectivity index is 1.57. The van der Waals surface area contributed by atoms with E-state index in [1.807, 2.05) is 0 Å². The number of rotatable bonds is 4. The van der Waals surface area contributed by atoms with Crippen molar-refractivity contribution in [1.82, 2.24) is 10.2 Å². The predicted molar refractivity (Wildman–Crippen MR) is 73.8 cm³/mol. The highest BCUT2D eigenvalue weighted by molar-refractivity contribution is 5.79. The van der Waals surface area contributed by atoms with Crippen molar-refractivity contribution in [3.63, 3.8) is 0 Å². The molecule has 4 nitrogen and oxygen atoms in total. The van der Waals surface area contributed by atoms with Gasteiger partial charge in [0.05, 0.1) is 18.2 Å². The molecule has 2 fully saturated rings. The molecule has 0 aromatic rings. The largest absolute Gasteiger partial charge is 0.376 e. The first-order valence-electron chi connectivity index (χ1n) is 7.42. The van der Waals surface area contributed by atoms with Crippen LogP contribution < -0.4 is 5.32 Å². The summed E-state index contributed by atoms with van der Waals surface area (Å²) in [5.41, 5.74) is 1.32. The van der Waals surface area contributed by atoms with Gasteiger partial charge in [-0.25, -0.2) is 0 Å². The van der Waals surface area contributed by atoms with E-state index in [1.165, 1.54) is 12.0 Å². The molecule has 1 aliphatic heterocycles. The molecule has 3 rings (SSSR count). The minimum absolute atomic E-state index is 0.190. The third kappa shape index (κ3) is 2.43. The summed E-state index contributed by atoms with van der Waals surface area (Å²) in [4.78, 5) is 14.3. The highest BCUT2D eigenvalue weighted by Crippen LogP contribution is 2.41. The van der Waals surface area contributed by atoms with E-state index in [9.17, 15) is 4.79 Å². The lowest BCUT2D eigenvalue weighted by Gasteiger charge is -2.50. The normalized spacial score (nSPS) is 36.9. The first-order chi connectivity index (χ1) is 9.16. The molecular weight excluding hydrogens is 240 g/mol. The van der Waals surface area contributed by atoms with Gasteiger partial charge in [-0.05, 0) is 39.8 Å². The summed E-state index contributed by atoms with van der Waals surface area (Å²) < 4.78 is 5.77. The molecule has 1 amide bonds. The number of carbonyl (C=O) groups is 1. The van der Waals surface area contributed by atoms with Crippen molar-refractivity contribution in [1.29, 1.82) is 0 Å². The Labute approximate surface area is 115 Å². The second-order valence-corrected chi connectivity index (χ2v) is 6.27. The van der Waals surface area contributed by atoms with Gasteiger partial charge in [0.15, 0.2) is 0 Å². The van der Waals surface area contributed by atoms with E-state index >= 15 is 0 Å². The Hall–Kier alpha value is -0.870. The van der Waals surface area contributed by atoms with Crippen LogP contribution in [0.3, 0.4) is 0 Å². The molecule has 2 aliphatic carbocycles. The fourth-order valence-corrected chi connectivity index (χ4v) is 3.82. The van der Waals surface area contributed by atoms with Crippen molar-refractivity contribution in [3.05, 3.63) is 11.6 Å². The molecule has 1 N–H and O–H groups in total. The van der Waals surface area contributed by atoms with Crippen LogP contribution in [0.2, 0.25) is 0 Å². The first-order valence-corrected chi connectivity index (χ1v) is 7.42. The zero-order valence-corrected chi connectivity index (χ0v) is 11.9. The molecule has 106 valence electrons. The number of carbonyl (C=O) groups excluding carboxylic acids is 1. The molecule has 0 unspecified atom stereocenters. The summed E-state index contributed by atoms with van der Waals surface area (Å²) in [5.74, 6) is 0.712. The Bertz CT molecular complexity index is 392. The third-order valence-electron chi connectivity index (χ3n) is 4.80. The van der Waals surface area contributed by atoms with Crippen LogP contribution >= 0.6 is 0 Å². The fourth-order valence-electron chi connectivity index (χ4n) is 3.82. The fraction of sp³-hybridized carbons (Fsp3) is 0.800. The van der Waals surface area contributed by atoms with Crippen LogP contribution in [0.15, 0.2) is 11.6 Å². The van der Waals surface area contributed by atoms with Crippen molar-refractivity contribution in [2.24, 2.45) is 5.92 Å². The molecule has 4 atom stereocenters. The first kappa shape index (κ1) is 13.1. The number of ether oxygens (including phenoxy) is 1. The van der Waals surface area contributed by atoms with Gasteiger partial charge >= 0.3 is 0 Å². The molecule has 1 saturated heterocycles. The minimum atomic E-state index is 0.190. The topological polar surface area (TPSA) is 41.6 Å². The number of nitrogens with zero attached hydrogens (tertiary/aromatic N) is 1. The van der Waals surface area contributed by atoms with Crippen LogP contribution in [0.5, 0.6) is 0 Å². The summed E-state index contributed by atoms with van der Waals surface area (Å²) in [6.45, 7) is 0.844. The van der Waals surface area contributed by atoms with Crippen molar-refractivity contribution < 1.29 is 9.53 Å². The van der Waals surface area contributed by atoms with Gasteiger partial charge in [0, 0.05) is 18.9 Å². The number of hydrogen-bond donors (Lipinski definition) is 1. The molecule has 0 aromatic carbocycles. The maximum absolute atomic E-state index is 12.1. The molecule has 1 saturated carbocycles. The molecule has 0 spiro atoms. The summed E-state index contributed by atoms with van der Waals surface area (Å²) in [5, 5.41) is 3.24. The van der Waals surface area contributed by atoms with Crippen LogP contribution in [0.4, 0.5) is 0 Å². The van der Waals surface area contributed by atoms with E-state index in [-0.39, 0.29) is 11.9 Å². The molecule has 4 heteroatoms. The van der Waals surface area contributed by atoms with Gasteiger partial charge in [0.2, 0.25) is 5.91 Å². The van der Waals surface area contributed by atoms with Crippen LogP contribution in [-0.2, 0) is 9.53 Å². The third-order valence-corrected chi connectivity index (χ3v) is 4.80. The standard InChI is InChI=1S/C15H24N2O2/c1-17(2)14-13(11-7-8-19-15(11)14)16-12(18)9-10-5-3-4-6-10/h5,11,13-15H,3-4,6-9H2,1-2H3,(H,16,18)/t11-,13+,14-,15-/m1/s1. The molecular formula is C15H24N2O2. The van der Waals surface area contributed by atoms with Gasteiger partial charge in [-0.1, -0.05) is 11.6 Å². The van der Waals surface area contributed by atoms with Gasteiger partial charge < -0.3 is 15.0 Å². The Morgan fingerprint density at radius 3 is 3.05 bits per heavy atom. The number of likely N-dealkylation sites (N-methyl/N-ethyl adjacent to an activating group) is 1. The lowest BCUT2D eigenvalue weighted by Crippen LogP contribution is -2.69. The van der Waals surface area contributed by atoms with Crippen LogP contribution in [0, 0.1) is 5.92 Å². The minimum Gasteiger partial charge on any atom is -0.376 e. The van der Waals surface area contributed by atoms with Crippen molar-refractivity contribution in [3.8, 4) is 0 Å². The number of nitrogens with one attached hydrogen (secondary N) is 1. The quantitative estimate of drug-likeness (QED) is 0.779. The van der Waals surface area contributed by atoms with Crippen molar-refractivity contribution in [2.45, 2.75) is 50.3 Å². The second-order valence-electron chi connectivity index (χ2n) is 6.27. The van der Waals surface area contributed by atoms with E-state index in [1.54, 1.807) is 0 Å². The molecule has 0 aromatic heterocycles. The lowest BCUT2D eigenvalue weighted by atomic mass is 9.71. The summed E-state index contributed by atoms with van der Waals surface area (Å²) in [7, 11) is 4.14. The van der Waals surface area contributed by atoms with Gasteiger partial charge in [0.1, 0.15) is 0 Å². The highest BCUT2D eigenvalue weighted by atomic mass is 16.5. The van der Waals surface area contributed by atoms with E-state index in [0.717, 1.165) is 25.9 Å². The van der Waals surface area contributed by atoms with Gasteiger partial charge in [0.25, 0.3) is 0 Å². The summed E-state index contributed by atoms with van der Waals surface area (Å²) in [6.07, 6.45) is 7.69. The van der Waals surface area contributed by atoms with E-state index in [4.69, 9.17) is 4.74 Å². The van der Waals surface area contributed by atoms with Crippen LogP contribution in [-0.4, -0.2) is 49.7 Å². The highest BCUT2D eigenvalue weighted by Gasteiger charge is 2.55. The van der Waals surface area contributed by atoms with E-state index in [0.29, 0.717) is 24.5 Å². The van der Waals surface area contributed by atoms with Crippen LogP contribution in [0.25, 0.3) is 0 Å². The predicted octanol–water partition coefficient (Wildman–Crippen LogP) is 1.32. The number of amides is 1. The molecule has 0 bridgehead atoms. The maximum Gasteiger partial charge on any atom is 0.224 e. The number of hydrogen-bond acceptors (Lipinski definition) is 3. The van der Waals surface area contributed by atoms with Crippen molar-refractivity contribution in [2.75, 3.05) is 20.7 Å². The molecule has 1 heterocycles. The Kier molecular flexibility index (Phi) is 3.63. The average molecular weight is 264 g/mol. The average Bonchev–Trinajstić information content (AvgIpc) is 2.95. The van der Waals surface area contributed by atoms with Gasteiger partial charge in [-0.2, -0.15) is 0 Å². The van der Waals surface area contributed by atoms with Gasteiger partial charge in [-0.15, -0.1) is 0 Å². The molecule has 19 heavy (non-hydrogen) atoms. The van der Waals surface area contributed by atoms with Crippen LogP contribution in [0.1, 0.15) is 32.1 Å². The van der Waals surface area contributed by atoms with E-state index in [2.05, 4.69) is 30.4 Å². The second kappa shape index (κ2) is 5.25. The zero-order valence-electron chi connectivity index (χ0n) is 11.9. The SMILES string of the molecule is CN(C)[C@@H]1[C@@H](NC(=O)CC2=CCCC2)[C@H]2CCO[C@H]21. The number of allylic oxidation sites excluding steroid dienone is 1. The Morgan fingerprint density at radius 2 is 2.37 bits per heavy atom. The smallest absolute Gasteiger partial charge is 0.224 e. The maximum atomic E-state index is 12.1. The molecule has 0 radical (unpaired) electrons.